The molecular weight excluding hydrogens is 301 g/mol. The Labute approximate surface area is 125 Å². The van der Waals surface area contributed by atoms with E-state index in [-0.39, 0.29) is 12.0 Å². The van der Waals surface area contributed by atoms with Gasteiger partial charge in [-0.15, -0.1) is 0 Å². The minimum Gasteiger partial charge on any atom is -0.598 e. The molecule has 3 nitrogen and oxygen atoms in total. The first-order valence-electron chi connectivity index (χ1n) is 6.27. The molecule has 2 atom stereocenters. The molecule has 1 aromatic carbocycles. The topological polar surface area (TPSA) is 72.9 Å². The van der Waals surface area contributed by atoms with Gasteiger partial charge in [-0.3, -0.25) is 0 Å². The van der Waals surface area contributed by atoms with E-state index in [1.54, 1.807) is 26.8 Å². The van der Waals surface area contributed by atoms with Gasteiger partial charge in [-0.05, 0) is 31.4 Å². The quantitative estimate of drug-likeness (QED) is 0.864. The number of rotatable bonds is 4. The van der Waals surface area contributed by atoms with E-state index in [4.69, 9.17) is 10.4 Å². The maximum Gasteiger partial charge on any atom is 0.417 e. The zero-order valence-electron chi connectivity index (χ0n) is 12.0. The van der Waals surface area contributed by atoms with Crippen molar-refractivity contribution in [1.29, 1.82) is 5.26 Å². The van der Waals surface area contributed by atoms with Crippen LogP contribution in [-0.4, -0.2) is 9.30 Å². The van der Waals surface area contributed by atoms with E-state index in [0.717, 1.165) is 6.07 Å². The van der Waals surface area contributed by atoms with Crippen LogP contribution in [0, 0.1) is 11.3 Å². The maximum atomic E-state index is 13.2. The second-order valence-corrected chi connectivity index (χ2v) is 7.24. The summed E-state index contributed by atoms with van der Waals surface area (Å²) in [6.45, 7) is 4.89. The van der Waals surface area contributed by atoms with Crippen molar-refractivity contribution < 1.29 is 17.7 Å². The van der Waals surface area contributed by atoms with Crippen LogP contribution in [0.3, 0.4) is 0 Å². The summed E-state index contributed by atoms with van der Waals surface area (Å²) in [5.74, 6) is -0.530. The molecule has 1 aromatic rings. The van der Waals surface area contributed by atoms with Crippen LogP contribution in [0.4, 0.5) is 13.2 Å². The second kappa shape index (κ2) is 6.26. The van der Waals surface area contributed by atoms with E-state index in [1.165, 1.54) is 12.1 Å². The normalized spacial score (nSPS) is 15.4. The predicted octanol–water partition coefficient (Wildman–Crippen LogP) is 3.47. The molecule has 0 spiro atoms. The van der Waals surface area contributed by atoms with Gasteiger partial charge in [0.05, 0.1) is 17.2 Å². The fourth-order valence-electron chi connectivity index (χ4n) is 2.32. The Bertz CT molecular complexity index is 550. The molecule has 21 heavy (non-hydrogen) atoms. The SMILES string of the molecule is CC(CC(C)(C)[S+](N)[O-])c1cccc(C#N)c1C(F)(F)F. The fourth-order valence-corrected chi connectivity index (χ4v) is 2.73. The van der Waals surface area contributed by atoms with Gasteiger partial charge in [0.1, 0.15) is 4.75 Å². The summed E-state index contributed by atoms with van der Waals surface area (Å²) in [6.07, 6.45) is -4.39. The Morgan fingerprint density at radius 3 is 2.38 bits per heavy atom. The molecular formula is C14H17F3N2OS. The summed E-state index contributed by atoms with van der Waals surface area (Å²) in [6, 6.07) is 5.50. The summed E-state index contributed by atoms with van der Waals surface area (Å²) >= 11 is -1.65. The zero-order valence-corrected chi connectivity index (χ0v) is 12.8. The molecule has 0 aliphatic carbocycles. The lowest BCUT2D eigenvalue weighted by molar-refractivity contribution is -0.138. The van der Waals surface area contributed by atoms with E-state index < -0.39 is 39.3 Å². The van der Waals surface area contributed by atoms with E-state index >= 15 is 0 Å². The van der Waals surface area contributed by atoms with Gasteiger partial charge in [-0.25, -0.2) is 0 Å². The second-order valence-electron chi connectivity index (χ2n) is 5.54. The molecule has 0 aliphatic heterocycles. The molecule has 2 N–H and O–H groups in total. The van der Waals surface area contributed by atoms with Gasteiger partial charge in [0.2, 0.25) is 0 Å². The third-order valence-corrected chi connectivity index (χ3v) is 4.63. The lowest BCUT2D eigenvalue weighted by Gasteiger charge is -2.28. The number of benzene rings is 1. The molecule has 2 unspecified atom stereocenters. The van der Waals surface area contributed by atoms with Crippen molar-refractivity contribution in [3.63, 3.8) is 0 Å². The highest BCUT2D eigenvalue weighted by Gasteiger charge is 2.39. The number of hydrogen-bond donors (Lipinski definition) is 1. The Kier molecular flexibility index (Phi) is 5.31. The number of nitriles is 1. The third-order valence-electron chi connectivity index (χ3n) is 3.37. The van der Waals surface area contributed by atoms with Crippen molar-refractivity contribution in [2.45, 2.75) is 44.0 Å². The van der Waals surface area contributed by atoms with Crippen LogP contribution in [0.15, 0.2) is 18.2 Å². The number of nitrogens with zero attached hydrogens (tertiary/aromatic N) is 1. The molecule has 7 heteroatoms. The Hall–Kier alpha value is -1.23. The molecule has 0 fully saturated rings. The van der Waals surface area contributed by atoms with Gasteiger partial charge < -0.3 is 4.55 Å². The van der Waals surface area contributed by atoms with Crippen molar-refractivity contribution in [3.05, 3.63) is 34.9 Å². The molecule has 116 valence electrons. The average molecular weight is 318 g/mol. The van der Waals surface area contributed by atoms with E-state index in [0.29, 0.717) is 0 Å². The van der Waals surface area contributed by atoms with Crippen LogP contribution >= 0.6 is 0 Å². The number of alkyl halides is 3. The Morgan fingerprint density at radius 1 is 1.38 bits per heavy atom. The van der Waals surface area contributed by atoms with E-state index in [9.17, 15) is 17.7 Å². The molecule has 0 radical (unpaired) electrons. The number of nitrogens with two attached hydrogens (primary N) is 1. The largest absolute Gasteiger partial charge is 0.598 e. The smallest absolute Gasteiger partial charge is 0.417 e. The average Bonchev–Trinajstić information content (AvgIpc) is 2.35. The molecule has 0 aromatic heterocycles. The standard InChI is InChI=1S/C14H17F3N2OS/c1-9(7-13(2,3)21(19)20)11-6-4-5-10(8-18)12(11)14(15,16)17/h4-6,9H,7,19H2,1-3H3. The highest BCUT2D eigenvalue weighted by molar-refractivity contribution is 7.90. The van der Waals surface area contributed by atoms with Crippen molar-refractivity contribution in [1.82, 2.24) is 0 Å². The molecule has 0 aliphatic rings. The van der Waals surface area contributed by atoms with E-state index in [1.807, 2.05) is 0 Å². The van der Waals surface area contributed by atoms with Gasteiger partial charge in [0, 0.05) is 17.8 Å². The molecule has 1 rings (SSSR count). The van der Waals surface area contributed by atoms with Crippen LogP contribution in [0.1, 0.15) is 49.8 Å². The van der Waals surface area contributed by atoms with Crippen LogP contribution in [0.25, 0.3) is 0 Å². The first-order valence-corrected chi connectivity index (χ1v) is 7.48. The van der Waals surface area contributed by atoms with Crippen LogP contribution in [0.2, 0.25) is 0 Å². The number of halogens is 3. The first-order chi connectivity index (χ1) is 9.50. The van der Waals surface area contributed by atoms with Crippen molar-refractivity contribution in [2.24, 2.45) is 5.14 Å². The van der Waals surface area contributed by atoms with Gasteiger partial charge >= 0.3 is 6.18 Å². The molecule has 0 bridgehead atoms. The monoisotopic (exact) mass is 318 g/mol. The predicted molar refractivity (Wildman–Crippen MR) is 75.6 cm³/mol. The zero-order chi connectivity index (χ0) is 16.4. The molecule has 0 heterocycles. The number of hydrogen-bond acceptors (Lipinski definition) is 3. The lowest BCUT2D eigenvalue weighted by Crippen LogP contribution is -2.39. The molecule has 0 saturated carbocycles. The molecule has 0 amide bonds. The van der Waals surface area contributed by atoms with Gasteiger partial charge in [-0.1, -0.05) is 19.1 Å². The van der Waals surface area contributed by atoms with Crippen LogP contribution in [-0.2, 0) is 17.5 Å². The third kappa shape index (κ3) is 4.13. The Balaban J connectivity index is 3.29. The van der Waals surface area contributed by atoms with Gasteiger partial charge in [0.15, 0.2) is 0 Å². The minimum atomic E-state index is -4.61. The summed E-state index contributed by atoms with van der Waals surface area (Å²) < 4.78 is 50.3. The summed E-state index contributed by atoms with van der Waals surface area (Å²) in [7, 11) is 0. The summed E-state index contributed by atoms with van der Waals surface area (Å²) in [5.41, 5.74) is -1.29. The maximum absolute atomic E-state index is 13.2. The Morgan fingerprint density at radius 2 is 1.95 bits per heavy atom. The highest BCUT2D eigenvalue weighted by Crippen LogP contribution is 2.40. The van der Waals surface area contributed by atoms with Gasteiger partial charge in [0.25, 0.3) is 0 Å². The van der Waals surface area contributed by atoms with Crippen LogP contribution < -0.4 is 5.14 Å². The molecule has 0 saturated heterocycles. The first kappa shape index (κ1) is 17.8. The highest BCUT2D eigenvalue weighted by atomic mass is 32.2. The fraction of sp³-hybridized carbons (Fsp3) is 0.500. The summed E-state index contributed by atoms with van der Waals surface area (Å²) in [4.78, 5) is 0. The lowest BCUT2D eigenvalue weighted by atomic mass is 9.86. The minimum absolute atomic E-state index is 0.0278. The van der Waals surface area contributed by atoms with Crippen molar-refractivity contribution in [2.75, 3.05) is 0 Å². The van der Waals surface area contributed by atoms with Crippen molar-refractivity contribution in [3.8, 4) is 6.07 Å². The van der Waals surface area contributed by atoms with Crippen LogP contribution in [0.5, 0.6) is 0 Å². The van der Waals surface area contributed by atoms with E-state index in [2.05, 4.69) is 0 Å². The van der Waals surface area contributed by atoms with Crippen molar-refractivity contribution >= 4 is 11.4 Å². The van der Waals surface area contributed by atoms with Gasteiger partial charge in [-0.2, -0.15) is 23.6 Å². The summed E-state index contributed by atoms with van der Waals surface area (Å²) in [5, 5.41) is 14.3.